The lowest BCUT2D eigenvalue weighted by Crippen LogP contribution is -2.16. The molecule has 1 heterocycles. The molecule has 3 nitrogen and oxygen atoms in total. The molecule has 1 aliphatic rings. The van der Waals surface area contributed by atoms with Crippen LogP contribution < -0.4 is 11.1 Å². The lowest BCUT2D eigenvalue weighted by molar-refractivity contribution is 0.642. The van der Waals surface area contributed by atoms with Crippen LogP contribution in [0.3, 0.4) is 0 Å². The maximum atomic E-state index is 5.74. The van der Waals surface area contributed by atoms with Crippen molar-refractivity contribution >= 4 is 11.5 Å². The van der Waals surface area contributed by atoms with Gasteiger partial charge in [-0.1, -0.05) is 12.8 Å². The number of aromatic nitrogens is 1. The molecule has 1 unspecified atom stereocenters. The number of rotatable bonds is 4. The molecule has 1 aliphatic carbocycles. The molecule has 0 aliphatic heterocycles. The van der Waals surface area contributed by atoms with Gasteiger partial charge >= 0.3 is 0 Å². The van der Waals surface area contributed by atoms with Crippen molar-refractivity contribution in [3.8, 4) is 0 Å². The van der Waals surface area contributed by atoms with Crippen LogP contribution in [0.4, 0.5) is 11.5 Å². The van der Waals surface area contributed by atoms with Crippen molar-refractivity contribution in [1.29, 1.82) is 0 Å². The van der Waals surface area contributed by atoms with Crippen molar-refractivity contribution in [2.45, 2.75) is 32.2 Å². The van der Waals surface area contributed by atoms with Gasteiger partial charge in [-0.3, -0.25) is 0 Å². The molecule has 0 saturated heterocycles. The molecule has 3 heteroatoms. The van der Waals surface area contributed by atoms with E-state index in [0.29, 0.717) is 11.9 Å². The number of pyridine rings is 1. The first-order valence-corrected chi connectivity index (χ1v) is 5.22. The van der Waals surface area contributed by atoms with Crippen LogP contribution in [0.5, 0.6) is 0 Å². The number of hydrogen-bond acceptors (Lipinski definition) is 3. The summed E-state index contributed by atoms with van der Waals surface area (Å²) in [5, 5.41) is 3.39. The van der Waals surface area contributed by atoms with E-state index in [1.165, 1.54) is 19.3 Å². The molecule has 0 spiro atoms. The predicted molar refractivity (Wildman–Crippen MR) is 59.1 cm³/mol. The summed E-state index contributed by atoms with van der Waals surface area (Å²) in [6, 6.07) is 4.38. The highest BCUT2D eigenvalue weighted by atomic mass is 15.0. The van der Waals surface area contributed by atoms with Gasteiger partial charge in [0.2, 0.25) is 0 Å². The summed E-state index contributed by atoms with van der Waals surface area (Å²) in [5.41, 5.74) is 6.70. The van der Waals surface area contributed by atoms with Crippen LogP contribution in [0.25, 0.3) is 0 Å². The van der Waals surface area contributed by atoms with Crippen molar-refractivity contribution in [2.24, 2.45) is 5.92 Å². The molecule has 0 amide bonds. The number of nitrogens with two attached hydrogens (primary N) is 1. The zero-order chi connectivity index (χ0) is 9.97. The number of anilines is 2. The third-order valence-corrected chi connectivity index (χ3v) is 2.62. The molecule has 0 radical (unpaired) electrons. The van der Waals surface area contributed by atoms with Gasteiger partial charge in [-0.15, -0.1) is 0 Å². The van der Waals surface area contributed by atoms with Crippen LogP contribution in [0.15, 0.2) is 18.3 Å². The summed E-state index contributed by atoms with van der Waals surface area (Å²) in [5.74, 6) is 1.53. The highest BCUT2D eigenvalue weighted by Crippen LogP contribution is 2.34. The zero-order valence-electron chi connectivity index (χ0n) is 8.53. The third-order valence-electron chi connectivity index (χ3n) is 2.62. The lowest BCUT2D eigenvalue weighted by atomic mass is 10.1. The monoisotopic (exact) mass is 191 g/mol. The molecule has 1 saturated carbocycles. The fourth-order valence-corrected chi connectivity index (χ4v) is 1.72. The second-order valence-electron chi connectivity index (χ2n) is 4.16. The van der Waals surface area contributed by atoms with Crippen molar-refractivity contribution in [3.63, 3.8) is 0 Å². The van der Waals surface area contributed by atoms with Crippen LogP contribution in [0.1, 0.15) is 26.2 Å². The van der Waals surface area contributed by atoms with Gasteiger partial charge in [0.25, 0.3) is 0 Å². The molecular weight excluding hydrogens is 174 g/mol. The second-order valence-corrected chi connectivity index (χ2v) is 4.16. The van der Waals surface area contributed by atoms with Crippen LogP contribution in [-0.2, 0) is 0 Å². The first-order valence-electron chi connectivity index (χ1n) is 5.22. The van der Waals surface area contributed by atoms with Gasteiger partial charge in [0.15, 0.2) is 0 Å². The molecule has 1 fully saturated rings. The fourth-order valence-electron chi connectivity index (χ4n) is 1.72. The first kappa shape index (κ1) is 9.31. The van der Waals surface area contributed by atoms with Gasteiger partial charge in [0, 0.05) is 12.2 Å². The minimum absolute atomic E-state index is 0.494. The summed E-state index contributed by atoms with van der Waals surface area (Å²) >= 11 is 0. The summed E-state index contributed by atoms with van der Waals surface area (Å²) in [7, 11) is 0. The Hall–Kier alpha value is -1.25. The Kier molecular flexibility index (Phi) is 2.57. The van der Waals surface area contributed by atoms with E-state index in [9.17, 15) is 0 Å². The van der Waals surface area contributed by atoms with Gasteiger partial charge in [0.1, 0.15) is 5.82 Å². The van der Waals surface area contributed by atoms with E-state index in [4.69, 9.17) is 5.73 Å². The number of nitrogens with zero attached hydrogens (tertiary/aromatic N) is 1. The maximum absolute atomic E-state index is 5.74. The average molecular weight is 191 g/mol. The molecule has 1 aromatic heterocycles. The second kappa shape index (κ2) is 3.86. The summed E-state index contributed by atoms with van der Waals surface area (Å²) < 4.78 is 0. The number of nitrogen functional groups attached to an aromatic ring is 1. The van der Waals surface area contributed by atoms with E-state index >= 15 is 0 Å². The SMILES string of the molecule is CC(CC1CC1)Nc1cccnc1N. The molecule has 0 aromatic carbocycles. The minimum Gasteiger partial charge on any atom is -0.382 e. The van der Waals surface area contributed by atoms with Crippen molar-refractivity contribution in [3.05, 3.63) is 18.3 Å². The van der Waals surface area contributed by atoms with E-state index in [-0.39, 0.29) is 0 Å². The van der Waals surface area contributed by atoms with Gasteiger partial charge in [-0.05, 0) is 31.4 Å². The van der Waals surface area contributed by atoms with E-state index in [0.717, 1.165) is 11.6 Å². The molecule has 1 aromatic rings. The predicted octanol–water partition coefficient (Wildman–Crippen LogP) is 2.26. The Bertz CT molecular complexity index is 307. The third kappa shape index (κ3) is 2.37. The normalized spacial score (nSPS) is 17.8. The summed E-state index contributed by atoms with van der Waals surface area (Å²) in [6.07, 6.45) is 5.75. The average Bonchev–Trinajstić information content (AvgIpc) is 2.93. The largest absolute Gasteiger partial charge is 0.382 e. The van der Waals surface area contributed by atoms with E-state index in [1.54, 1.807) is 6.20 Å². The summed E-state index contributed by atoms with van der Waals surface area (Å²) in [6.45, 7) is 2.20. The first-order chi connectivity index (χ1) is 6.75. The van der Waals surface area contributed by atoms with Gasteiger partial charge in [-0.25, -0.2) is 4.98 Å². The van der Waals surface area contributed by atoms with Gasteiger partial charge in [-0.2, -0.15) is 0 Å². The lowest BCUT2D eigenvalue weighted by Gasteiger charge is -2.15. The molecule has 0 bridgehead atoms. The van der Waals surface area contributed by atoms with Crippen molar-refractivity contribution in [1.82, 2.24) is 4.98 Å². The van der Waals surface area contributed by atoms with Crippen molar-refractivity contribution in [2.75, 3.05) is 11.1 Å². The Balaban J connectivity index is 1.91. The van der Waals surface area contributed by atoms with Crippen LogP contribution in [-0.4, -0.2) is 11.0 Å². The highest BCUT2D eigenvalue weighted by Gasteiger charge is 2.23. The minimum atomic E-state index is 0.494. The Morgan fingerprint density at radius 2 is 2.43 bits per heavy atom. The molecule has 1 atom stereocenters. The van der Waals surface area contributed by atoms with E-state index < -0.39 is 0 Å². The van der Waals surface area contributed by atoms with Crippen LogP contribution in [0.2, 0.25) is 0 Å². The number of nitrogens with one attached hydrogen (secondary N) is 1. The standard InChI is InChI=1S/C11H17N3/c1-8(7-9-4-5-9)14-10-3-2-6-13-11(10)12/h2-3,6,8-9,14H,4-5,7H2,1H3,(H2,12,13). The van der Waals surface area contributed by atoms with E-state index in [2.05, 4.69) is 17.2 Å². The Morgan fingerprint density at radius 3 is 3.07 bits per heavy atom. The van der Waals surface area contributed by atoms with E-state index in [1.807, 2.05) is 12.1 Å². The molecule has 14 heavy (non-hydrogen) atoms. The Labute approximate surface area is 84.7 Å². The topological polar surface area (TPSA) is 50.9 Å². The fraction of sp³-hybridized carbons (Fsp3) is 0.545. The molecule has 3 N–H and O–H groups in total. The zero-order valence-corrected chi connectivity index (χ0v) is 8.53. The quantitative estimate of drug-likeness (QED) is 0.767. The molecule has 76 valence electrons. The van der Waals surface area contributed by atoms with Crippen molar-refractivity contribution < 1.29 is 0 Å². The highest BCUT2D eigenvalue weighted by molar-refractivity contribution is 5.61. The van der Waals surface area contributed by atoms with Crippen LogP contribution in [0, 0.1) is 5.92 Å². The molecule has 2 rings (SSSR count). The maximum Gasteiger partial charge on any atom is 0.146 e. The van der Waals surface area contributed by atoms with Crippen LogP contribution >= 0.6 is 0 Å². The van der Waals surface area contributed by atoms with Gasteiger partial charge < -0.3 is 11.1 Å². The summed E-state index contributed by atoms with van der Waals surface area (Å²) in [4.78, 5) is 4.04. The smallest absolute Gasteiger partial charge is 0.146 e. The Morgan fingerprint density at radius 1 is 1.64 bits per heavy atom. The molecular formula is C11H17N3. The number of hydrogen-bond donors (Lipinski definition) is 2. The van der Waals surface area contributed by atoms with Gasteiger partial charge in [0.05, 0.1) is 5.69 Å².